The molecule has 1 N–H and O–H groups in total. The van der Waals surface area contributed by atoms with Crippen LogP contribution in [0.4, 0.5) is 8.78 Å². The fourth-order valence-corrected chi connectivity index (χ4v) is 2.83. The highest BCUT2D eigenvalue weighted by molar-refractivity contribution is 7.90. The number of hydrogen-bond donors (Lipinski definition) is 1. The molecule has 5 heteroatoms. The molecule has 1 saturated carbocycles. The van der Waals surface area contributed by atoms with Crippen LogP contribution in [0.15, 0.2) is 18.2 Å². The summed E-state index contributed by atoms with van der Waals surface area (Å²) in [5, 5.41) is 0. The molecule has 1 aliphatic rings. The topological polar surface area (TPSA) is 35.1 Å². The maximum atomic E-state index is 13.3. The van der Waals surface area contributed by atoms with Crippen LogP contribution in [-0.2, 0) is 11.4 Å². The number of hydrogen-bond acceptors (Lipinski definition) is 2. The molecule has 19 heavy (non-hydrogen) atoms. The number of rotatable bonds is 4. The fourth-order valence-electron chi connectivity index (χ4n) is 1.91. The van der Waals surface area contributed by atoms with Crippen LogP contribution in [0, 0.1) is 17.6 Å². The second-order valence-corrected chi connectivity index (χ2v) is 8.01. The van der Waals surface area contributed by atoms with Crippen LogP contribution in [0.2, 0.25) is 0 Å². The highest BCUT2D eigenvalue weighted by Crippen LogP contribution is 2.42. The largest absolute Gasteiger partial charge is 0.598 e. The van der Waals surface area contributed by atoms with E-state index in [0.29, 0.717) is 11.5 Å². The molecule has 0 aliphatic heterocycles. The molecule has 0 heterocycles. The summed E-state index contributed by atoms with van der Waals surface area (Å²) >= 11 is -1.26. The number of benzene rings is 1. The van der Waals surface area contributed by atoms with Crippen molar-refractivity contribution >= 4 is 11.4 Å². The van der Waals surface area contributed by atoms with Crippen LogP contribution in [0.25, 0.3) is 0 Å². The Morgan fingerprint density at radius 3 is 2.16 bits per heavy atom. The van der Waals surface area contributed by atoms with Crippen LogP contribution in [0.3, 0.4) is 0 Å². The Morgan fingerprint density at radius 2 is 1.74 bits per heavy atom. The minimum atomic E-state index is -1.26. The summed E-state index contributed by atoms with van der Waals surface area (Å²) in [5.41, 5.74) is 0.539. The highest BCUT2D eigenvalue weighted by Gasteiger charge is 2.38. The molecule has 106 valence electrons. The lowest BCUT2D eigenvalue weighted by atomic mass is 10.0. The lowest BCUT2D eigenvalue weighted by Gasteiger charge is -2.28. The smallest absolute Gasteiger partial charge is 0.136 e. The summed E-state index contributed by atoms with van der Waals surface area (Å²) < 4.78 is 41.4. The molecule has 1 fully saturated rings. The first-order valence-corrected chi connectivity index (χ1v) is 7.56. The third kappa shape index (κ3) is 3.91. The van der Waals surface area contributed by atoms with Gasteiger partial charge in [0.05, 0.1) is 6.04 Å². The summed E-state index contributed by atoms with van der Waals surface area (Å²) in [5.74, 6) is -0.875. The molecule has 0 aromatic heterocycles. The molecule has 1 aliphatic carbocycles. The van der Waals surface area contributed by atoms with Gasteiger partial charge in [-0.2, -0.15) is 0 Å². The van der Waals surface area contributed by atoms with E-state index in [1.54, 1.807) is 0 Å². The first-order valence-electron chi connectivity index (χ1n) is 6.41. The Bertz CT molecular complexity index is 437. The van der Waals surface area contributed by atoms with Crippen LogP contribution in [0.1, 0.15) is 45.2 Å². The van der Waals surface area contributed by atoms with Crippen molar-refractivity contribution in [3.8, 4) is 0 Å². The molecule has 1 aromatic rings. The van der Waals surface area contributed by atoms with Crippen LogP contribution in [-0.4, -0.2) is 9.30 Å². The first kappa shape index (κ1) is 14.8. The second-order valence-electron chi connectivity index (χ2n) is 6.02. The molecule has 2 nitrogen and oxygen atoms in total. The number of nitrogens with one attached hydrogen (secondary N) is 1. The van der Waals surface area contributed by atoms with Crippen molar-refractivity contribution in [1.82, 2.24) is 4.72 Å². The van der Waals surface area contributed by atoms with Gasteiger partial charge in [-0.3, -0.25) is 0 Å². The average molecular weight is 287 g/mol. The Hall–Kier alpha value is -0.650. The van der Waals surface area contributed by atoms with Crippen molar-refractivity contribution in [3.05, 3.63) is 35.4 Å². The van der Waals surface area contributed by atoms with E-state index in [0.717, 1.165) is 18.9 Å². The van der Waals surface area contributed by atoms with Gasteiger partial charge in [0.25, 0.3) is 0 Å². The second kappa shape index (κ2) is 5.38. The quantitative estimate of drug-likeness (QED) is 0.861. The summed E-state index contributed by atoms with van der Waals surface area (Å²) in [6.07, 6.45) is 1.99. The molecule has 0 saturated heterocycles. The van der Waals surface area contributed by atoms with Crippen molar-refractivity contribution in [2.45, 2.75) is 44.4 Å². The average Bonchev–Trinajstić information content (AvgIpc) is 3.06. The van der Waals surface area contributed by atoms with Gasteiger partial charge in [-0.05, 0) is 57.2 Å². The van der Waals surface area contributed by atoms with Gasteiger partial charge in [-0.25, -0.2) is 8.78 Å². The standard InChI is InChI=1S/C14H19F2NOS/c1-14(2,3)19(18)17-13(9-4-5-9)10-6-11(15)8-12(16)7-10/h6-9,13,17H,4-5H2,1-3H3/t13-,19?/m0/s1. The maximum Gasteiger partial charge on any atom is 0.136 e. The zero-order valence-electron chi connectivity index (χ0n) is 11.4. The molecule has 0 bridgehead atoms. The van der Waals surface area contributed by atoms with Crippen molar-refractivity contribution in [3.63, 3.8) is 0 Å². The summed E-state index contributed by atoms with van der Waals surface area (Å²) in [6.45, 7) is 5.60. The molecule has 0 amide bonds. The van der Waals surface area contributed by atoms with E-state index in [1.807, 2.05) is 20.8 Å². The lowest BCUT2D eigenvalue weighted by molar-refractivity contribution is 0.498. The molecular formula is C14H19F2NOS. The molecule has 1 aromatic carbocycles. The molecule has 2 rings (SSSR count). The Morgan fingerprint density at radius 1 is 1.21 bits per heavy atom. The molecular weight excluding hydrogens is 268 g/mol. The van der Waals surface area contributed by atoms with Gasteiger partial charge in [0.1, 0.15) is 16.4 Å². The van der Waals surface area contributed by atoms with Gasteiger partial charge >= 0.3 is 0 Å². The van der Waals surface area contributed by atoms with Crippen LogP contribution < -0.4 is 4.72 Å². The van der Waals surface area contributed by atoms with E-state index in [2.05, 4.69) is 4.72 Å². The van der Waals surface area contributed by atoms with Crippen molar-refractivity contribution < 1.29 is 13.3 Å². The zero-order chi connectivity index (χ0) is 14.2. The monoisotopic (exact) mass is 287 g/mol. The predicted octanol–water partition coefficient (Wildman–Crippen LogP) is 3.47. The minimum Gasteiger partial charge on any atom is -0.598 e. The van der Waals surface area contributed by atoms with E-state index in [-0.39, 0.29) is 6.04 Å². The summed E-state index contributed by atoms with van der Waals surface area (Å²) in [4.78, 5) is 0. The van der Waals surface area contributed by atoms with E-state index in [9.17, 15) is 13.3 Å². The zero-order valence-corrected chi connectivity index (χ0v) is 12.2. The van der Waals surface area contributed by atoms with Crippen molar-refractivity contribution in [1.29, 1.82) is 0 Å². The molecule has 0 radical (unpaired) electrons. The van der Waals surface area contributed by atoms with E-state index in [4.69, 9.17) is 0 Å². The number of halogens is 2. The lowest BCUT2D eigenvalue weighted by Crippen LogP contribution is -2.41. The molecule has 0 spiro atoms. The van der Waals surface area contributed by atoms with Crippen LogP contribution >= 0.6 is 0 Å². The van der Waals surface area contributed by atoms with Gasteiger partial charge in [-0.1, -0.05) is 0 Å². The normalized spacial score (nSPS) is 19.3. The van der Waals surface area contributed by atoms with Gasteiger partial charge in [-0.15, -0.1) is 4.72 Å². The SMILES string of the molecule is CC(C)(C)[S+]([O-])N[C@H](c1cc(F)cc(F)c1)C1CC1. The van der Waals surface area contributed by atoms with Gasteiger partial charge in [0.15, 0.2) is 0 Å². The first-order chi connectivity index (χ1) is 8.77. The van der Waals surface area contributed by atoms with E-state index >= 15 is 0 Å². The van der Waals surface area contributed by atoms with Gasteiger partial charge < -0.3 is 4.55 Å². The Kier molecular flexibility index (Phi) is 4.18. The van der Waals surface area contributed by atoms with Gasteiger partial charge in [0, 0.05) is 17.4 Å². The molecule has 1 unspecified atom stereocenters. The Labute approximate surface area is 115 Å². The minimum absolute atomic E-state index is 0.245. The van der Waals surface area contributed by atoms with Crippen molar-refractivity contribution in [2.75, 3.05) is 0 Å². The highest BCUT2D eigenvalue weighted by atomic mass is 32.2. The molecule has 2 atom stereocenters. The third-order valence-corrected chi connectivity index (χ3v) is 4.71. The van der Waals surface area contributed by atoms with E-state index < -0.39 is 27.7 Å². The fraction of sp³-hybridized carbons (Fsp3) is 0.571. The third-order valence-electron chi connectivity index (χ3n) is 3.13. The van der Waals surface area contributed by atoms with E-state index in [1.165, 1.54) is 12.1 Å². The van der Waals surface area contributed by atoms with Crippen LogP contribution in [0.5, 0.6) is 0 Å². The summed E-state index contributed by atoms with van der Waals surface area (Å²) in [6, 6.07) is 3.25. The van der Waals surface area contributed by atoms with Gasteiger partial charge in [0.2, 0.25) is 0 Å². The maximum absolute atomic E-state index is 13.3. The summed E-state index contributed by atoms with van der Waals surface area (Å²) in [7, 11) is 0. The predicted molar refractivity (Wildman–Crippen MR) is 72.9 cm³/mol. The van der Waals surface area contributed by atoms with Crippen molar-refractivity contribution in [2.24, 2.45) is 5.92 Å². The Balaban J connectivity index is 2.20.